The molecule has 0 spiro atoms. The average Bonchev–Trinajstić information content (AvgIpc) is 2.90. The van der Waals surface area contributed by atoms with E-state index in [-0.39, 0.29) is 0 Å². The molecule has 2 nitrogen and oxygen atoms in total. The van der Waals surface area contributed by atoms with Crippen molar-refractivity contribution < 1.29 is 5.11 Å². The Morgan fingerprint density at radius 1 is 1.56 bits per heavy atom. The highest BCUT2D eigenvalue weighted by atomic mass is 79.9. The maximum atomic E-state index is 10.6. The summed E-state index contributed by atoms with van der Waals surface area (Å²) in [4.78, 5) is 3.75. The van der Waals surface area contributed by atoms with Gasteiger partial charge in [-0.3, -0.25) is 4.90 Å². The molecule has 0 aromatic carbocycles. The molecule has 0 bridgehead atoms. The maximum absolute atomic E-state index is 10.6. The van der Waals surface area contributed by atoms with Crippen LogP contribution in [0.15, 0.2) is 15.9 Å². The van der Waals surface area contributed by atoms with Crippen LogP contribution in [0.25, 0.3) is 0 Å². The molecule has 1 N–H and O–H groups in total. The van der Waals surface area contributed by atoms with E-state index in [1.165, 1.54) is 17.7 Å². The third-order valence-corrected chi connectivity index (χ3v) is 5.25. The van der Waals surface area contributed by atoms with Crippen molar-refractivity contribution in [2.75, 3.05) is 13.1 Å². The summed E-state index contributed by atoms with van der Waals surface area (Å²) in [5, 5.41) is 12.6. The number of thiophene rings is 1. The molecular formula is C12H16BrNOS. The van der Waals surface area contributed by atoms with E-state index in [0.717, 1.165) is 36.4 Å². The number of halogens is 1. The Hall–Kier alpha value is 0.1000. The van der Waals surface area contributed by atoms with Gasteiger partial charge in [-0.05, 0) is 41.3 Å². The zero-order chi connectivity index (χ0) is 11.2. The minimum absolute atomic E-state index is 0.479. The van der Waals surface area contributed by atoms with Crippen molar-refractivity contribution in [3.05, 3.63) is 20.8 Å². The Morgan fingerprint density at radius 3 is 3.00 bits per heavy atom. The number of likely N-dealkylation sites (tertiary alicyclic amines) is 1. The van der Waals surface area contributed by atoms with Gasteiger partial charge in [0.25, 0.3) is 0 Å². The second-order valence-electron chi connectivity index (χ2n) is 5.08. The van der Waals surface area contributed by atoms with Crippen molar-refractivity contribution in [1.29, 1.82) is 0 Å². The zero-order valence-electron chi connectivity index (χ0n) is 9.16. The fraction of sp³-hybridized carbons (Fsp3) is 0.667. The van der Waals surface area contributed by atoms with Crippen LogP contribution in [0.2, 0.25) is 0 Å². The molecular weight excluding hydrogens is 286 g/mol. The summed E-state index contributed by atoms with van der Waals surface area (Å²) in [5.74, 6) is 0. The monoisotopic (exact) mass is 301 g/mol. The highest BCUT2D eigenvalue weighted by molar-refractivity contribution is 9.10. The van der Waals surface area contributed by atoms with Crippen molar-refractivity contribution in [2.45, 2.75) is 37.3 Å². The van der Waals surface area contributed by atoms with Gasteiger partial charge in [0.15, 0.2) is 0 Å². The second kappa shape index (κ2) is 4.09. The van der Waals surface area contributed by atoms with E-state index in [4.69, 9.17) is 0 Å². The van der Waals surface area contributed by atoms with Crippen LogP contribution in [-0.4, -0.2) is 34.7 Å². The third-order valence-electron chi connectivity index (χ3n) is 3.55. The van der Waals surface area contributed by atoms with Gasteiger partial charge in [-0.25, -0.2) is 0 Å². The first kappa shape index (κ1) is 11.2. The molecule has 0 amide bonds. The normalized spacial score (nSPS) is 31.1. The fourth-order valence-electron chi connectivity index (χ4n) is 2.55. The Kier molecular flexibility index (Phi) is 2.86. The van der Waals surface area contributed by atoms with E-state index in [1.807, 2.05) is 0 Å². The Morgan fingerprint density at radius 2 is 2.38 bits per heavy atom. The van der Waals surface area contributed by atoms with Gasteiger partial charge in [-0.1, -0.05) is 0 Å². The number of aliphatic hydroxyl groups is 1. The minimum atomic E-state index is -0.479. The fourth-order valence-corrected chi connectivity index (χ4v) is 4.14. The molecule has 1 atom stereocenters. The van der Waals surface area contributed by atoms with Crippen molar-refractivity contribution in [1.82, 2.24) is 4.90 Å². The number of hydrogen-bond donors (Lipinski definition) is 1. The van der Waals surface area contributed by atoms with Crippen molar-refractivity contribution in [3.8, 4) is 0 Å². The highest BCUT2D eigenvalue weighted by Crippen LogP contribution is 2.35. The standard InChI is InChI=1S/C12H16BrNOS/c13-9-5-11(16-7-9)6-12(15)3-4-14(8-12)10-1-2-10/h5,7,10,15H,1-4,6,8H2. The van der Waals surface area contributed by atoms with E-state index in [9.17, 15) is 5.11 Å². The van der Waals surface area contributed by atoms with Gasteiger partial charge in [-0.2, -0.15) is 0 Å². The average molecular weight is 302 g/mol. The van der Waals surface area contributed by atoms with Crippen molar-refractivity contribution in [3.63, 3.8) is 0 Å². The minimum Gasteiger partial charge on any atom is -0.388 e. The number of rotatable bonds is 3. The van der Waals surface area contributed by atoms with E-state index >= 15 is 0 Å². The number of β-amino-alcohol motifs (C(OH)–C–C–N with tert-alkyl or cyclic N) is 1. The van der Waals surface area contributed by atoms with E-state index in [1.54, 1.807) is 11.3 Å². The summed E-state index contributed by atoms with van der Waals surface area (Å²) in [6, 6.07) is 2.91. The van der Waals surface area contributed by atoms with E-state index in [2.05, 4.69) is 32.3 Å². The SMILES string of the molecule is OC1(Cc2cc(Br)cs2)CCN(C2CC2)C1. The van der Waals surface area contributed by atoms with Crippen molar-refractivity contribution >= 4 is 27.3 Å². The van der Waals surface area contributed by atoms with Crippen LogP contribution in [0, 0.1) is 0 Å². The summed E-state index contributed by atoms with van der Waals surface area (Å²) < 4.78 is 1.13. The molecule has 1 aliphatic heterocycles. The maximum Gasteiger partial charge on any atom is 0.0834 e. The number of hydrogen-bond acceptors (Lipinski definition) is 3. The first-order valence-corrected chi connectivity index (χ1v) is 7.51. The molecule has 88 valence electrons. The van der Waals surface area contributed by atoms with Crippen LogP contribution in [0.3, 0.4) is 0 Å². The lowest BCUT2D eigenvalue weighted by atomic mass is 9.98. The summed E-state index contributed by atoms with van der Waals surface area (Å²) in [5.41, 5.74) is -0.479. The van der Waals surface area contributed by atoms with Gasteiger partial charge >= 0.3 is 0 Å². The lowest BCUT2D eigenvalue weighted by Crippen LogP contribution is -2.35. The zero-order valence-corrected chi connectivity index (χ0v) is 11.6. The molecule has 2 fully saturated rings. The van der Waals surface area contributed by atoms with Crippen molar-refractivity contribution in [2.24, 2.45) is 0 Å². The Balaban J connectivity index is 1.65. The van der Waals surface area contributed by atoms with Crippen LogP contribution in [-0.2, 0) is 6.42 Å². The van der Waals surface area contributed by atoms with Gasteiger partial charge in [0.1, 0.15) is 0 Å². The number of nitrogens with zero attached hydrogens (tertiary/aromatic N) is 1. The van der Waals surface area contributed by atoms with E-state index in [0.29, 0.717) is 0 Å². The first-order chi connectivity index (χ1) is 7.65. The molecule has 0 radical (unpaired) electrons. The Labute approximate surface area is 108 Å². The van der Waals surface area contributed by atoms with Crippen LogP contribution >= 0.6 is 27.3 Å². The van der Waals surface area contributed by atoms with Gasteiger partial charge in [0.05, 0.1) is 5.60 Å². The molecule has 1 aromatic heterocycles. The molecule has 1 saturated heterocycles. The molecule has 2 aliphatic rings. The quantitative estimate of drug-likeness (QED) is 0.928. The smallest absolute Gasteiger partial charge is 0.0834 e. The van der Waals surface area contributed by atoms with Gasteiger partial charge in [-0.15, -0.1) is 11.3 Å². The molecule has 4 heteroatoms. The van der Waals surface area contributed by atoms with Crippen LogP contribution < -0.4 is 0 Å². The summed E-state index contributed by atoms with van der Waals surface area (Å²) in [7, 11) is 0. The highest BCUT2D eigenvalue weighted by Gasteiger charge is 2.42. The van der Waals surface area contributed by atoms with Gasteiger partial charge < -0.3 is 5.11 Å². The van der Waals surface area contributed by atoms with E-state index < -0.39 is 5.60 Å². The molecule has 1 aliphatic carbocycles. The van der Waals surface area contributed by atoms with Gasteiger partial charge in [0.2, 0.25) is 0 Å². The summed E-state index contributed by atoms with van der Waals surface area (Å²) in [6.45, 7) is 1.95. The lowest BCUT2D eigenvalue weighted by Gasteiger charge is -2.22. The molecule has 1 saturated carbocycles. The van der Waals surface area contributed by atoms with Crippen LogP contribution in [0.5, 0.6) is 0 Å². The third kappa shape index (κ3) is 2.35. The molecule has 16 heavy (non-hydrogen) atoms. The lowest BCUT2D eigenvalue weighted by molar-refractivity contribution is 0.0495. The van der Waals surface area contributed by atoms with Crippen LogP contribution in [0.1, 0.15) is 24.1 Å². The largest absolute Gasteiger partial charge is 0.388 e. The summed E-state index contributed by atoms with van der Waals surface area (Å²) >= 11 is 5.20. The summed E-state index contributed by atoms with van der Waals surface area (Å²) in [6.07, 6.45) is 4.41. The van der Waals surface area contributed by atoms with Crippen LogP contribution in [0.4, 0.5) is 0 Å². The predicted octanol–water partition coefficient (Wildman–Crippen LogP) is 2.65. The first-order valence-electron chi connectivity index (χ1n) is 5.84. The van der Waals surface area contributed by atoms with Gasteiger partial charge in [0, 0.05) is 40.3 Å². The second-order valence-corrected chi connectivity index (χ2v) is 7.00. The molecule has 3 rings (SSSR count). The molecule has 2 heterocycles. The topological polar surface area (TPSA) is 23.5 Å². The molecule has 1 aromatic rings. The predicted molar refractivity (Wildman–Crippen MR) is 69.9 cm³/mol. The Bertz CT molecular complexity index is 390. The molecule has 1 unspecified atom stereocenters.